The first kappa shape index (κ1) is 14.2. The van der Waals surface area contributed by atoms with Crippen molar-refractivity contribution in [3.05, 3.63) is 0 Å². The molecule has 0 aromatic rings. The highest BCUT2D eigenvalue weighted by molar-refractivity contribution is 7.86. The standard InChI is InChI=1S/C12H25N3O2S/c1-10-5-4-6-14(9-10)18(16,17)15-11(2)7-13-8-12(15)3/h10-13H,4-9H2,1-3H3. The van der Waals surface area contributed by atoms with Gasteiger partial charge in [-0.15, -0.1) is 0 Å². The topological polar surface area (TPSA) is 52.7 Å². The van der Waals surface area contributed by atoms with Crippen molar-refractivity contribution in [3.8, 4) is 0 Å². The number of nitrogens with zero attached hydrogens (tertiary/aromatic N) is 2. The first-order valence-electron chi connectivity index (χ1n) is 6.92. The molecule has 1 N–H and O–H groups in total. The van der Waals surface area contributed by atoms with Crippen LogP contribution in [0.4, 0.5) is 0 Å². The molecule has 0 spiro atoms. The van der Waals surface area contributed by atoms with E-state index in [2.05, 4.69) is 12.2 Å². The van der Waals surface area contributed by atoms with Crippen molar-refractivity contribution in [2.75, 3.05) is 26.2 Å². The summed E-state index contributed by atoms with van der Waals surface area (Å²) in [5.41, 5.74) is 0. The maximum absolute atomic E-state index is 12.7. The second-order valence-electron chi connectivity index (χ2n) is 5.80. The molecule has 0 amide bonds. The molecule has 0 saturated carbocycles. The Morgan fingerprint density at radius 3 is 2.28 bits per heavy atom. The minimum absolute atomic E-state index is 0.0379. The largest absolute Gasteiger partial charge is 0.314 e. The van der Waals surface area contributed by atoms with Crippen LogP contribution >= 0.6 is 0 Å². The first-order chi connectivity index (χ1) is 8.43. The molecule has 2 aliphatic rings. The second kappa shape index (κ2) is 5.45. The van der Waals surface area contributed by atoms with Crippen LogP contribution < -0.4 is 5.32 Å². The van der Waals surface area contributed by atoms with Crippen LogP contribution in [0.1, 0.15) is 33.6 Å². The summed E-state index contributed by atoms with van der Waals surface area (Å²) in [6.45, 7) is 8.93. The third kappa shape index (κ3) is 2.71. The molecule has 2 heterocycles. The van der Waals surface area contributed by atoms with Gasteiger partial charge in [-0.2, -0.15) is 17.0 Å². The third-order valence-electron chi connectivity index (χ3n) is 3.96. The van der Waals surface area contributed by atoms with Crippen molar-refractivity contribution >= 4 is 10.2 Å². The van der Waals surface area contributed by atoms with Gasteiger partial charge in [-0.05, 0) is 32.6 Å². The van der Waals surface area contributed by atoms with Crippen molar-refractivity contribution in [1.29, 1.82) is 0 Å². The minimum atomic E-state index is -3.29. The van der Waals surface area contributed by atoms with Crippen molar-refractivity contribution in [2.45, 2.75) is 45.7 Å². The Morgan fingerprint density at radius 1 is 1.11 bits per heavy atom. The Morgan fingerprint density at radius 2 is 1.72 bits per heavy atom. The highest BCUT2D eigenvalue weighted by Crippen LogP contribution is 2.24. The molecule has 2 fully saturated rings. The van der Waals surface area contributed by atoms with Gasteiger partial charge in [0, 0.05) is 38.3 Å². The average Bonchev–Trinajstić information content (AvgIpc) is 2.28. The zero-order valence-corrected chi connectivity index (χ0v) is 12.4. The summed E-state index contributed by atoms with van der Waals surface area (Å²) in [4.78, 5) is 0. The molecular weight excluding hydrogens is 250 g/mol. The highest BCUT2D eigenvalue weighted by atomic mass is 32.2. The van der Waals surface area contributed by atoms with Crippen LogP contribution in [0, 0.1) is 5.92 Å². The van der Waals surface area contributed by atoms with Crippen molar-refractivity contribution in [1.82, 2.24) is 13.9 Å². The SMILES string of the molecule is CC1CCCN(S(=O)(=O)N2C(C)CNCC2C)C1. The summed E-state index contributed by atoms with van der Waals surface area (Å²) in [6, 6.07) is 0.0759. The molecule has 3 atom stereocenters. The lowest BCUT2D eigenvalue weighted by atomic mass is 10.0. The number of piperazine rings is 1. The van der Waals surface area contributed by atoms with Gasteiger partial charge in [0.15, 0.2) is 0 Å². The van der Waals surface area contributed by atoms with Crippen LogP contribution in [0.25, 0.3) is 0 Å². The van der Waals surface area contributed by atoms with Crippen molar-refractivity contribution in [3.63, 3.8) is 0 Å². The maximum atomic E-state index is 12.7. The van der Waals surface area contributed by atoms with Gasteiger partial charge in [0.25, 0.3) is 10.2 Å². The molecule has 106 valence electrons. The summed E-state index contributed by atoms with van der Waals surface area (Å²) in [7, 11) is -3.29. The summed E-state index contributed by atoms with van der Waals surface area (Å²) < 4.78 is 28.8. The smallest absolute Gasteiger partial charge is 0.282 e. The molecular formula is C12H25N3O2S. The van der Waals surface area contributed by atoms with Crippen LogP contribution in [-0.2, 0) is 10.2 Å². The maximum Gasteiger partial charge on any atom is 0.282 e. The van der Waals surface area contributed by atoms with Crippen molar-refractivity contribution < 1.29 is 8.42 Å². The Hall–Kier alpha value is -0.170. The van der Waals surface area contributed by atoms with E-state index < -0.39 is 10.2 Å². The van der Waals surface area contributed by atoms with Crippen LogP contribution in [0.3, 0.4) is 0 Å². The molecule has 2 rings (SSSR count). The Balaban J connectivity index is 2.18. The second-order valence-corrected chi connectivity index (χ2v) is 7.63. The number of rotatable bonds is 2. The van der Waals surface area contributed by atoms with E-state index in [-0.39, 0.29) is 12.1 Å². The van der Waals surface area contributed by atoms with E-state index in [0.717, 1.165) is 25.9 Å². The molecule has 0 aromatic heterocycles. The highest BCUT2D eigenvalue weighted by Gasteiger charge is 2.39. The average molecular weight is 275 g/mol. The van der Waals surface area contributed by atoms with Gasteiger partial charge in [0.2, 0.25) is 0 Å². The molecule has 2 saturated heterocycles. The summed E-state index contributed by atoms with van der Waals surface area (Å²) in [5.74, 6) is 0.474. The van der Waals surface area contributed by atoms with Crippen LogP contribution in [-0.4, -0.2) is 55.3 Å². The number of piperidine rings is 1. The van der Waals surface area contributed by atoms with E-state index in [0.29, 0.717) is 19.0 Å². The van der Waals surface area contributed by atoms with Gasteiger partial charge >= 0.3 is 0 Å². The zero-order chi connectivity index (χ0) is 13.3. The fraction of sp³-hybridized carbons (Fsp3) is 1.00. The Kier molecular flexibility index (Phi) is 4.31. The van der Waals surface area contributed by atoms with E-state index in [1.807, 2.05) is 13.8 Å². The normalized spacial score (nSPS) is 36.7. The summed E-state index contributed by atoms with van der Waals surface area (Å²) in [5, 5.41) is 3.27. The van der Waals surface area contributed by atoms with Gasteiger partial charge in [-0.1, -0.05) is 6.92 Å². The number of hydrogen-bond acceptors (Lipinski definition) is 3. The third-order valence-corrected chi connectivity index (χ3v) is 6.20. The molecule has 18 heavy (non-hydrogen) atoms. The lowest BCUT2D eigenvalue weighted by molar-refractivity contribution is 0.188. The predicted molar refractivity (Wildman–Crippen MR) is 72.5 cm³/mol. The van der Waals surface area contributed by atoms with Gasteiger partial charge in [0.1, 0.15) is 0 Å². The molecule has 0 bridgehead atoms. The monoisotopic (exact) mass is 275 g/mol. The minimum Gasteiger partial charge on any atom is -0.314 e. The molecule has 0 aromatic carbocycles. The van der Waals surface area contributed by atoms with Crippen LogP contribution in [0.2, 0.25) is 0 Å². The van der Waals surface area contributed by atoms with Crippen LogP contribution in [0.15, 0.2) is 0 Å². The molecule has 5 nitrogen and oxygen atoms in total. The quantitative estimate of drug-likeness (QED) is 0.805. The Bertz CT molecular complexity index is 375. The molecule has 0 radical (unpaired) electrons. The van der Waals surface area contributed by atoms with Gasteiger partial charge in [0.05, 0.1) is 0 Å². The van der Waals surface area contributed by atoms with Gasteiger partial charge in [-0.25, -0.2) is 0 Å². The van der Waals surface area contributed by atoms with Gasteiger partial charge in [-0.3, -0.25) is 0 Å². The van der Waals surface area contributed by atoms with E-state index in [1.54, 1.807) is 8.61 Å². The van der Waals surface area contributed by atoms with E-state index in [9.17, 15) is 8.42 Å². The van der Waals surface area contributed by atoms with Crippen LogP contribution in [0.5, 0.6) is 0 Å². The van der Waals surface area contributed by atoms with E-state index in [4.69, 9.17) is 0 Å². The zero-order valence-electron chi connectivity index (χ0n) is 11.6. The summed E-state index contributed by atoms with van der Waals surface area (Å²) in [6.07, 6.45) is 2.12. The molecule has 2 aliphatic heterocycles. The number of hydrogen-bond donors (Lipinski definition) is 1. The summed E-state index contributed by atoms with van der Waals surface area (Å²) >= 11 is 0. The number of nitrogens with one attached hydrogen (secondary N) is 1. The fourth-order valence-corrected chi connectivity index (χ4v) is 5.19. The lowest BCUT2D eigenvalue weighted by Gasteiger charge is -2.42. The lowest BCUT2D eigenvalue weighted by Crippen LogP contribution is -2.61. The predicted octanol–water partition coefficient (Wildman–Crippen LogP) is 0.645. The molecule has 3 unspecified atom stereocenters. The van der Waals surface area contributed by atoms with Gasteiger partial charge < -0.3 is 5.32 Å². The fourth-order valence-electron chi connectivity index (χ4n) is 3.06. The van der Waals surface area contributed by atoms with Crippen molar-refractivity contribution in [2.24, 2.45) is 5.92 Å². The first-order valence-corrected chi connectivity index (χ1v) is 8.32. The van der Waals surface area contributed by atoms with E-state index in [1.165, 1.54) is 0 Å². The Labute approximate surface area is 111 Å². The molecule has 6 heteroatoms. The molecule has 0 aliphatic carbocycles. The van der Waals surface area contributed by atoms with E-state index >= 15 is 0 Å².